The molecule has 0 saturated carbocycles. The second kappa shape index (κ2) is 8.70. The molecule has 0 saturated heterocycles. The van der Waals surface area contributed by atoms with E-state index in [1.165, 1.54) is 25.3 Å². The Morgan fingerprint density at radius 3 is 2.23 bits per heavy atom. The number of ether oxygens (including phenoxy) is 2. The predicted molar refractivity (Wildman–Crippen MR) is 117 cm³/mol. The maximum atomic E-state index is 12.5. The summed E-state index contributed by atoms with van der Waals surface area (Å²) in [4.78, 5) is 24.3. The number of carboxylic acid groups (broad SMARTS) is 1. The average molecular weight is 438 g/mol. The molecule has 4 rings (SSSR count). The molecule has 0 fully saturated rings. The van der Waals surface area contributed by atoms with Gasteiger partial charge in [-0.3, -0.25) is 0 Å². The molecular weight excluding hydrogens is 418 g/mol. The van der Waals surface area contributed by atoms with Crippen LogP contribution in [0.2, 0.25) is 5.02 Å². The topological polar surface area (TPSA) is 84.9 Å². The van der Waals surface area contributed by atoms with Gasteiger partial charge < -0.3 is 19.9 Å². The molecule has 0 aliphatic heterocycles. The molecule has 2 N–H and O–H groups in total. The fourth-order valence-electron chi connectivity index (χ4n) is 3.95. The lowest BCUT2D eigenvalue weighted by molar-refractivity contribution is -0.139. The largest absolute Gasteiger partial charge is 0.496 e. The zero-order valence-electron chi connectivity index (χ0n) is 16.7. The second-order valence-corrected chi connectivity index (χ2v) is 7.56. The number of benzene rings is 3. The van der Waals surface area contributed by atoms with Crippen LogP contribution in [0.3, 0.4) is 0 Å². The van der Waals surface area contributed by atoms with Crippen molar-refractivity contribution in [3.05, 3.63) is 88.4 Å². The highest BCUT2D eigenvalue weighted by atomic mass is 35.5. The van der Waals surface area contributed by atoms with Gasteiger partial charge in [0.1, 0.15) is 12.4 Å². The van der Waals surface area contributed by atoms with E-state index in [1.54, 1.807) is 0 Å². The number of hydrogen-bond donors (Lipinski definition) is 2. The minimum absolute atomic E-state index is 0.0873. The average Bonchev–Trinajstić information content (AvgIpc) is 3.10. The van der Waals surface area contributed by atoms with Gasteiger partial charge in [-0.1, -0.05) is 66.2 Å². The molecule has 0 heterocycles. The van der Waals surface area contributed by atoms with Crippen molar-refractivity contribution in [3.8, 4) is 16.9 Å². The number of amides is 1. The van der Waals surface area contributed by atoms with E-state index in [4.69, 9.17) is 21.1 Å². The number of methoxy groups -OCH3 is 1. The summed E-state index contributed by atoms with van der Waals surface area (Å²) in [6, 6.07) is 19.2. The summed E-state index contributed by atoms with van der Waals surface area (Å²) in [6.07, 6.45) is -0.828. The maximum Gasteiger partial charge on any atom is 0.408 e. The van der Waals surface area contributed by atoms with Crippen LogP contribution in [0.25, 0.3) is 11.1 Å². The summed E-state index contributed by atoms with van der Waals surface area (Å²) in [5.74, 6) is -1.10. The van der Waals surface area contributed by atoms with Gasteiger partial charge in [-0.25, -0.2) is 9.59 Å². The van der Waals surface area contributed by atoms with Crippen LogP contribution in [0.15, 0.2) is 66.7 Å². The van der Waals surface area contributed by atoms with Gasteiger partial charge in [0.25, 0.3) is 0 Å². The van der Waals surface area contributed by atoms with Crippen molar-refractivity contribution < 1.29 is 24.2 Å². The van der Waals surface area contributed by atoms with Crippen molar-refractivity contribution in [2.24, 2.45) is 0 Å². The van der Waals surface area contributed by atoms with Crippen LogP contribution in [0.1, 0.15) is 28.7 Å². The lowest BCUT2D eigenvalue weighted by atomic mass is 9.98. The highest BCUT2D eigenvalue weighted by Crippen LogP contribution is 2.44. The van der Waals surface area contributed by atoms with E-state index >= 15 is 0 Å². The van der Waals surface area contributed by atoms with Crippen molar-refractivity contribution in [3.63, 3.8) is 0 Å². The van der Waals surface area contributed by atoms with Gasteiger partial charge in [0.05, 0.1) is 7.11 Å². The number of alkyl carbamates (subject to hydrolysis) is 1. The molecule has 0 bridgehead atoms. The fourth-order valence-corrected chi connectivity index (χ4v) is 4.12. The molecule has 31 heavy (non-hydrogen) atoms. The summed E-state index contributed by atoms with van der Waals surface area (Å²) in [5, 5.41) is 12.5. The van der Waals surface area contributed by atoms with E-state index < -0.39 is 18.1 Å². The highest BCUT2D eigenvalue weighted by Gasteiger charge is 2.30. The van der Waals surface area contributed by atoms with Gasteiger partial charge in [-0.15, -0.1) is 0 Å². The number of rotatable bonds is 6. The number of carbonyl (C=O) groups is 2. The molecule has 0 spiro atoms. The molecule has 0 aromatic heterocycles. The van der Waals surface area contributed by atoms with Crippen LogP contribution in [-0.4, -0.2) is 30.9 Å². The van der Waals surface area contributed by atoms with E-state index in [2.05, 4.69) is 5.32 Å². The lowest BCUT2D eigenvalue weighted by Gasteiger charge is -2.19. The van der Waals surface area contributed by atoms with Crippen molar-refractivity contribution in [2.45, 2.75) is 12.0 Å². The molecular formula is C24H20ClNO5. The molecule has 7 heteroatoms. The van der Waals surface area contributed by atoms with Crippen molar-refractivity contribution >= 4 is 23.7 Å². The van der Waals surface area contributed by atoms with Gasteiger partial charge in [0.2, 0.25) is 0 Å². The van der Waals surface area contributed by atoms with Crippen molar-refractivity contribution in [1.82, 2.24) is 5.32 Å². The third-order valence-electron chi connectivity index (χ3n) is 5.36. The first-order valence-corrected chi connectivity index (χ1v) is 10.0. The minimum atomic E-state index is -1.34. The predicted octanol–water partition coefficient (Wildman–Crippen LogP) is 5.01. The molecule has 0 radical (unpaired) electrons. The van der Waals surface area contributed by atoms with Gasteiger partial charge in [-0.2, -0.15) is 0 Å². The minimum Gasteiger partial charge on any atom is -0.496 e. The molecule has 1 atom stereocenters. The monoisotopic (exact) mass is 437 g/mol. The number of halogens is 1. The van der Waals surface area contributed by atoms with Crippen molar-refractivity contribution in [2.75, 3.05) is 13.7 Å². The van der Waals surface area contributed by atoms with E-state index in [0.717, 1.165) is 22.3 Å². The Labute approximate surface area is 184 Å². The standard InChI is InChI=1S/C24H20ClNO5/c1-30-21-12-14(25)10-11-19(21)22(23(27)28)26-24(29)31-13-20-17-8-4-2-6-15(17)16-7-3-5-9-18(16)20/h2-12,20,22H,13H2,1H3,(H,26,29)(H,27,28). The normalized spacial score (nSPS) is 13.1. The Hall–Kier alpha value is -3.51. The number of fused-ring (bicyclic) bond motifs is 3. The maximum absolute atomic E-state index is 12.5. The van der Waals surface area contributed by atoms with Crippen LogP contribution in [0.5, 0.6) is 5.75 Å². The molecule has 1 unspecified atom stereocenters. The molecule has 6 nitrogen and oxygen atoms in total. The molecule has 3 aromatic rings. The van der Waals surface area contributed by atoms with Crippen LogP contribution in [0.4, 0.5) is 4.79 Å². The Balaban J connectivity index is 1.51. The Kier molecular flexibility index (Phi) is 5.82. The third kappa shape index (κ3) is 4.07. The number of carboxylic acids is 1. The fraction of sp³-hybridized carbons (Fsp3) is 0.167. The lowest BCUT2D eigenvalue weighted by Crippen LogP contribution is -2.35. The van der Waals surface area contributed by atoms with E-state index in [-0.39, 0.29) is 23.8 Å². The quantitative estimate of drug-likeness (QED) is 0.566. The van der Waals surface area contributed by atoms with E-state index in [0.29, 0.717) is 5.02 Å². The van der Waals surface area contributed by atoms with Crippen LogP contribution < -0.4 is 10.1 Å². The van der Waals surface area contributed by atoms with Crippen LogP contribution >= 0.6 is 11.6 Å². The summed E-state index contributed by atoms with van der Waals surface area (Å²) >= 11 is 5.95. The molecule has 1 aliphatic carbocycles. The number of nitrogens with one attached hydrogen (secondary N) is 1. The van der Waals surface area contributed by atoms with Gasteiger partial charge in [0, 0.05) is 16.5 Å². The van der Waals surface area contributed by atoms with Gasteiger partial charge >= 0.3 is 12.1 Å². The van der Waals surface area contributed by atoms with Crippen molar-refractivity contribution in [1.29, 1.82) is 0 Å². The number of aliphatic carboxylic acids is 1. The first-order chi connectivity index (χ1) is 15.0. The first kappa shape index (κ1) is 20.8. The summed E-state index contributed by atoms with van der Waals surface area (Å²) in [6.45, 7) is 0.0873. The summed E-state index contributed by atoms with van der Waals surface area (Å²) in [5.41, 5.74) is 4.65. The SMILES string of the molecule is COc1cc(Cl)ccc1C(NC(=O)OCC1c2ccccc2-c2ccccc21)C(=O)O. The van der Waals surface area contributed by atoms with Crippen LogP contribution in [-0.2, 0) is 9.53 Å². The Bertz CT molecular complexity index is 1100. The Morgan fingerprint density at radius 2 is 1.65 bits per heavy atom. The molecule has 3 aromatic carbocycles. The number of hydrogen-bond acceptors (Lipinski definition) is 4. The van der Waals surface area contributed by atoms with Gasteiger partial charge in [-0.05, 0) is 34.4 Å². The second-order valence-electron chi connectivity index (χ2n) is 7.13. The number of carbonyl (C=O) groups excluding carboxylic acids is 1. The smallest absolute Gasteiger partial charge is 0.408 e. The van der Waals surface area contributed by atoms with E-state index in [1.807, 2.05) is 48.5 Å². The summed E-state index contributed by atoms with van der Waals surface area (Å²) < 4.78 is 10.7. The zero-order valence-corrected chi connectivity index (χ0v) is 17.4. The highest BCUT2D eigenvalue weighted by molar-refractivity contribution is 6.30. The third-order valence-corrected chi connectivity index (χ3v) is 5.59. The molecule has 1 aliphatic rings. The first-order valence-electron chi connectivity index (χ1n) is 9.67. The van der Waals surface area contributed by atoms with Crippen LogP contribution in [0, 0.1) is 0 Å². The summed E-state index contributed by atoms with van der Waals surface area (Å²) in [7, 11) is 1.40. The molecule has 1 amide bonds. The van der Waals surface area contributed by atoms with Gasteiger partial charge in [0.15, 0.2) is 6.04 Å². The zero-order chi connectivity index (χ0) is 22.0. The van der Waals surface area contributed by atoms with E-state index in [9.17, 15) is 14.7 Å². The Morgan fingerprint density at radius 1 is 1.03 bits per heavy atom. The molecule has 158 valence electrons.